The van der Waals surface area contributed by atoms with E-state index in [0.29, 0.717) is 11.6 Å². The summed E-state index contributed by atoms with van der Waals surface area (Å²) in [5, 5.41) is 5.07. The number of benzene rings is 3. The minimum Gasteiger partial charge on any atom is -0.456 e. The number of nitrogens with zero attached hydrogens (tertiary/aromatic N) is 2. The van der Waals surface area contributed by atoms with Crippen molar-refractivity contribution < 1.29 is 8.98 Å². The lowest BCUT2D eigenvalue weighted by Gasteiger charge is -2.21. The SMILES string of the molecule is [C-]#[N+]c1ccc2c(oc3c(-c4cc([Si](C)(C)C)c5cc(CC(C)C)ccc5[n+]4C)c(C)c(C)cc32)c1C. The molecule has 0 radical (unpaired) electrons. The molecule has 5 rings (SSSR count). The highest BCUT2D eigenvalue weighted by atomic mass is 28.3. The molecule has 2 aromatic heterocycles. The summed E-state index contributed by atoms with van der Waals surface area (Å²) in [7, 11) is 0.510. The van der Waals surface area contributed by atoms with E-state index in [9.17, 15) is 0 Å². The number of furan rings is 1. The van der Waals surface area contributed by atoms with Gasteiger partial charge in [-0.15, -0.1) is 0 Å². The predicted octanol–water partition coefficient (Wildman–Crippen LogP) is 8.45. The number of hydrogen-bond donors (Lipinski definition) is 0. The summed E-state index contributed by atoms with van der Waals surface area (Å²) in [4.78, 5) is 3.71. The fraction of sp³-hybridized carbons (Fsp3) is 0.333. The Morgan fingerprint density at radius 1 is 0.892 bits per heavy atom. The minimum atomic E-state index is -1.68. The molecule has 0 unspecified atom stereocenters. The van der Waals surface area contributed by atoms with Gasteiger partial charge in [-0.2, -0.15) is 4.57 Å². The Labute approximate surface area is 221 Å². The summed E-state index contributed by atoms with van der Waals surface area (Å²) in [6, 6.07) is 15.7. The second kappa shape index (κ2) is 8.85. The van der Waals surface area contributed by atoms with Crippen molar-refractivity contribution >= 4 is 51.8 Å². The van der Waals surface area contributed by atoms with Gasteiger partial charge < -0.3 is 4.42 Å². The first-order chi connectivity index (χ1) is 17.4. The molecule has 4 heteroatoms. The van der Waals surface area contributed by atoms with Crippen LogP contribution in [0.5, 0.6) is 0 Å². The van der Waals surface area contributed by atoms with Crippen molar-refractivity contribution in [2.24, 2.45) is 13.0 Å². The number of rotatable bonds is 4. The van der Waals surface area contributed by atoms with Gasteiger partial charge in [-0.05, 0) is 72.7 Å². The third-order valence-electron chi connectivity index (χ3n) is 7.85. The van der Waals surface area contributed by atoms with E-state index in [2.05, 4.69) is 94.1 Å². The standard InChI is InChI=1S/C33H37N2OSi/c1-19(2)15-23-11-14-28-26(17-23)30(37(8,9)10)18-29(35(28)7)31-21(4)20(3)16-25-24-12-13-27(34-6)22(5)32(24)36-33(25)31/h11-14,16-19H,15H2,1-5,7-10H3/q+1. The Kier molecular flexibility index (Phi) is 6.04. The molecule has 0 N–H and O–H groups in total. The largest absolute Gasteiger partial charge is 0.456 e. The number of pyridine rings is 1. The Balaban J connectivity index is 1.91. The van der Waals surface area contributed by atoms with Crippen LogP contribution in [0.15, 0.2) is 46.9 Å². The molecule has 0 aliphatic heterocycles. The molecule has 188 valence electrons. The third-order valence-corrected chi connectivity index (χ3v) is 9.88. The van der Waals surface area contributed by atoms with Gasteiger partial charge in [-0.25, -0.2) is 4.85 Å². The Morgan fingerprint density at radius 2 is 1.62 bits per heavy atom. The van der Waals surface area contributed by atoms with Crippen LogP contribution in [0.2, 0.25) is 19.6 Å². The van der Waals surface area contributed by atoms with Crippen LogP contribution in [0.1, 0.15) is 36.1 Å². The van der Waals surface area contributed by atoms with E-state index in [1.807, 2.05) is 19.1 Å². The van der Waals surface area contributed by atoms with E-state index >= 15 is 0 Å². The molecule has 0 fully saturated rings. The molecule has 5 aromatic rings. The molecule has 37 heavy (non-hydrogen) atoms. The van der Waals surface area contributed by atoms with Crippen molar-refractivity contribution in [3.05, 3.63) is 76.1 Å². The van der Waals surface area contributed by atoms with Crippen LogP contribution >= 0.6 is 0 Å². The minimum absolute atomic E-state index is 0.629. The summed E-state index contributed by atoms with van der Waals surface area (Å²) in [6.07, 6.45) is 1.09. The third kappa shape index (κ3) is 4.06. The highest BCUT2D eigenvalue weighted by Crippen LogP contribution is 2.41. The number of fused-ring (bicyclic) bond motifs is 4. The van der Waals surface area contributed by atoms with Crippen LogP contribution in [-0.4, -0.2) is 8.07 Å². The van der Waals surface area contributed by atoms with Crippen LogP contribution in [0.3, 0.4) is 0 Å². The summed E-state index contributed by atoms with van der Waals surface area (Å²) >= 11 is 0. The summed E-state index contributed by atoms with van der Waals surface area (Å²) in [5.74, 6) is 0.629. The van der Waals surface area contributed by atoms with Crippen LogP contribution in [0, 0.1) is 33.3 Å². The highest BCUT2D eigenvalue weighted by Gasteiger charge is 2.29. The van der Waals surface area contributed by atoms with Gasteiger partial charge in [0.25, 0.3) is 0 Å². The molecule has 2 heterocycles. The molecule has 0 spiro atoms. The van der Waals surface area contributed by atoms with Crippen molar-refractivity contribution in [3.8, 4) is 11.3 Å². The summed E-state index contributed by atoms with van der Waals surface area (Å²) in [6.45, 7) is 25.8. The maximum Gasteiger partial charge on any atom is 0.216 e. The van der Waals surface area contributed by atoms with Crippen LogP contribution in [0.4, 0.5) is 5.69 Å². The zero-order valence-corrected chi connectivity index (χ0v) is 24.6. The van der Waals surface area contributed by atoms with E-state index < -0.39 is 8.07 Å². The van der Waals surface area contributed by atoms with Gasteiger partial charge in [0, 0.05) is 28.3 Å². The van der Waals surface area contributed by atoms with Gasteiger partial charge in [0.05, 0.1) is 20.2 Å². The lowest BCUT2D eigenvalue weighted by atomic mass is 9.95. The quantitative estimate of drug-likeness (QED) is 0.136. The van der Waals surface area contributed by atoms with E-state index in [1.54, 1.807) is 0 Å². The average Bonchev–Trinajstić information content (AvgIpc) is 3.18. The zero-order valence-electron chi connectivity index (χ0n) is 23.6. The lowest BCUT2D eigenvalue weighted by Crippen LogP contribution is -2.43. The first-order valence-electron chi connectivity index (χ1n) is 13.2. The molecule has 0 amide bonds. The molecule has 0 atom stereocenters. The van der Waals surface area contributed by atoms with E-state index in [4.69, 9.17) is 11.0 Å². The average molecular weight is 506 g/mol. The Morgan fingerprint density at radius 3 is 2.27 bits per heavy atom. The van der Waals surface area contributed by atoms with E-state index in [0.717, 1.165) is 39.5 Å². The molecule has 0 saturated carbocycles. The van der Waals surface area contributed by atoms with Gasteiger partial charge in [0.2, 0.25) is 11.2 Å². The van der Waals surface area contributed by atoms with Gasteiger partial charge in [0.1, 0.15) is 18.2 Å². The second-order valence-corrected chi connectivity index (χ2v) is 17.1. The zero-order chi connectivity index (χ0) is 26.8. The molecule has 0 aliphatic rings. The Bertz CT molecular complexity index is 1760. The van der Waals surface area contributed by atoms with E-state index in [-0.39, 0.29) is 0 Å². The van der Waals surface area contributed by atoms with Gasteiger partial charge in [-0.1, -0.05) is 51.7 Å². The molecular formula is C33H37N2OSi+. The maximum absolute atomic E-state index is 7.56. The van der Waals surface area contributed by atoms with Gasteiger partial charge >= 0.3 is 0 Å². The van der Waals surface area contributed by atoms with Crippen molar-refractivity contribution in [2.75, 3.05) is 0 Å². The monoisotopic (exact) mass is 505 g/mol. The molecular weight excluding hydrogens is 468 g/mol. The Hall–Kier alpha value is -3.42. The smallest absolute Gasteiger partial charge is 0.216 e. The van der Waals surface area contributed by atoms with E-state index in [1.165, 1.54) is 38.5 Å². The number of aromatic nitrogens is 1. The van der Waals surface area contributed by atoms with Crippen molar-refractivity contribution in [2.45, 2.75) is 60.7 Å². The normalized spacial score (nSPS) is 12.2. The molecule has 3 nitrogen and oxygen atoms in total. The van der Waals surface area contributed by atoms with Crippen molar-refractivity contribution in [3.63, 3.8) is 0 Å². The number of aryl methyl sites for hydroxylation is 3. The first kappa shape index (κ1) is 25.2. The maximum atomic E-state index is 7.56. The van der Waals surface area contributed by atoms with Gasteiger partial charge in [0.15, 0.2) is 5.69 Å². The molecule has 0 bridgehead atoms. The van der Waals surface area contributed by atoms with Crippen LogP contribution < -0.4 is 9.75 Å². The fourth-order valence-corrected chi connectivity index (χ4v) is 7.32. The summed E-state index contributed by atoms with van der Waals surface area (Å²) < 4.78 is 9.01. The van der Waals surface area contributed by atoms with Crippen LogP contribution in [0.25, 0.3) is 48.9 Å². The highest BCUT2D eigenvalue weighted by molar-refractivity contribution is 6.90. The predicted molar refractivity (Wildman–Crippen MR) is 160 cm³/mol. The fourth-order valence-electron chi connectivity index (χ4n) is 5.75. The number of hydrogen-bond acceptors (Lipinski definition) is 1. The topological polar surface area (TPSA) is 21.4 Å². The van der Waals surface area contributed by atoms with Crippen molar-refractivity contribution in [1.29, 1.82) is 0 Å². The molecule has 0 aliphatic carbocycles. The van der Waals surface area contributed by atoms with Crippen LogP contribution in [-0.2, 0) is 13.5 Å². The summed E-state index contributed by atoms with van der Waals surface area (Å²) in [5.41, 5.74) is 10.8. The second-order valence-electron chi connectivity index (χ2n) is 12.1. The van der Waals surface area contributed by atoms with Crippen molar-refractivity contribution in [1.82, 2.24) is 0 Å². The van der Waals surface area contributed by atoms with Gasteiger partial charge in [-0.3, -0.25) is 0 Å². The lowest BCUT2D eigenvalue weighted by molar-refractivity contribution is -0.633. The molecule has 0 saturated heterocycles. The first-order valence-corrected chi connectivity index (χ1v) is 16.7. The molecule has 3 aromatic carbocycles.